The van der Waals surface area contributed by atoms with Crippen LogP contribution < -0.4 is 0 Å². The lowest BCUT2D eigenvalue weighted by Crippen LogP contribution is -2.42. The van der Waals surface area contributed by atoms with Crippen molar-refractivity contribution in [2.75, 3.05) is 7.05 Å². The topological polar surface area (TPSA) is 3.24 Å². The first kappa shape index (κ1) is 7.37. The van der Waals surface area contributed by atoms with Crippen molar-refractivity contribution in [3.8, 4) is 0 Å². The monoisotopic (exact) mass is 165 g/mol. The lowest BCUT2D eigenvalue weighted by Gasteiger charge is -2.42. The SMILES string of the molecule is CC1CC2(CC3CC32)C(C)N1C. The smallest absolute Gasteiger partial charge is 0.0127 e. The Morgan fingerprint density at radius 1 is 1.25 bits per heavy atom. The maximum Gasteiger partial charge on any atom is 0.0127 e. The van der Waals surface area contributed by atoms with Crippen molar-refractivity contribution < 1.29 is 0 Å². The van der Waals surface area contributed by atoms with E-state index in [1.165, 1.54) is 6.42 Å². The second-order valence-electron chi connectivity index (χ2n) is 5.43. The average Bonchev–Trinajstić information content (AvgIpc) is 2.64. The molecule has 5 unspecified atom stereocenters. The second kappa shape index (κ2) is 1.89. The zero-order valence-electron chi connectivity index (χ0n) is 8.38. The van der Waals surface area contributed by atoms with Gasteiger partial charge in [-0.15, -0.1) is 0 Å². The second-order valence-corrected chi connectivity index (χ2v) is 5.43. The van der Waals surface area contributed by atoms with Crippen LogP contribution in [0.3, 0.4) is 0 Å². The van der Waals surface area contributed by atoms with Gasteiger partial charge in [0.1, 0.15) is 0 Å². The minimum absolute atomic E-state index is 0.777. The van der Waals surface area contributed by atoms with Gasteiger partial charge in [0.25, 0.3) is 0 Å². The molecule has 1 nitrogen and oxygen atoms in total. The van der Waals surface area contributed by atoms with Gasteiger partial charge in [-0.3, -0.25) is 0 Å². The van der Waals surface area contributed by atoms with Crippen LogP contribution in [0.4, 0.5) is 0 Å². The number of likely N-dealkylation sites (tertiary alicyclic amines) is 1. The Balaban J connectivity index is 1.88. The molecule has 1 spiro atoms. The summed E-state index contributed by atoms with van der Waals surface area (Å²) in [6, 6.07) is 1.69. The maximum atomic E-state index is 2.59. The molecule has 0 aromatic rings. The number of fused-ring (bicyclic) bond motifs is 2. The molecule has 1 heterocycles. The summed E-state index contributed by atoms with van der Waals surface area (Å²) in [6.07, 6.45) is 4.59. The summed E-state index contributed by atoms with van der Waals surface area (Å²) in [4.78, 5) is 2.59. The van der Waals surface area contributed by atoms with Crippen molar-refractivity contribution in [3.63, 3.8) is 0 Å². The molecule has 0 N–H and O–H groups in total. The third-order valence-corrected chi connectivity index (χ3v) is 5.12. The molecule has 0 aromatic heterocycles. The molecular formula is C11H19N. The molecule has 12 heavy (non-hydrogen) atoms. The van der Waals surface area contributed by atoms with Gasteiger partial charge in [0.15, 0.2) is 0 Å². The Morgan fingerprint density at radius 2 is 2.00 bits per heavy atom. The van der Waals surface area contributed by atoms with Gasteiger partial charge in [-0.05, 0) is 57.4 Å². The van der Waals surface area contributed by atoms with E-state index < -0.39 is 0 Å². The molecule has 3 fully saturated rings. The van der Waals surface area contributed by atoms with Gasteiger partial charge in [0.05, 0.1) is 0 Å². The highest BCUT2D eigenvalue weighted by atomic mass is 15.2. The van der Waals surface area contributed by atoms with E-state index in [0.29, 0.717) is 0 Å². The third-order valence-electron chi connectivity index (χ3n) is 5.12. The average molecular weight is 165 g/mol. The van der Waals surface area contributed by atoms with Crippen LogP contribution in [0.15, 0.2) is 0 Å². The van der Waals surface area contributed by atoms with Gasteiger partial charge in [0.2, 0.25) is 0 Å². The first-order valence-corrected chi connectivity index (χ1v) is 5.37. The summed E-state index contributed by atoms with van der Waals surface area (Å²) >= 11 is 0. The fourth-order valence-electron chi connectivity index (χ4n) is 4.02. The van der Waals surface area contributed by atoms with Gasteiger partial charge in [-0.25, -0.2) is 0 Å². The minimum Gasteiger partial charge on any atom is -0.300 e. The van der Waals surface area contributed by atoms with Crippen LogP contribution in [-0.4, -0.2) is 24.0 Å². The fourth-order valence-corrected chi connectivity index (χ4v) is 4.02. The molecule has 0 bridgehead atoms. The fraction of sp³-hybridized carbons (Fsp3) is 1.00. The van der Waals surface area contributed by atoms with Crippen molar-refractivity contribution in [2.45, 2.75) is 45.2 Å². The van der Waals surface area contributed by atoms with E-state index >= 15 is 0 Å². The molecule has 68 valence electrons. The summed E-state index contributed by atoms with van der Waals surface area (Å²) in [5.74, 6) is 2.30. The molecule has 3 rings (SSSR count). The van der Waals surface area contributed by atoms with Crippen LogP contribution in [-0.2, 0) is 0 Å². The highest BCUT2D eigenvalue weighted by Gasteiger charge is 2.68. The van der Waals surface area contributed by atoms with Crippen LogP contribution in [0.25, 0.3) is 0 Å². The van der Waals surface area contributed by atoms with E-state index in [9.17, 15) is 0 Å². The van der Waals surface area contributed by atoms with Gasteiger partial charge in [-0.2, -0.15) is 0 Å². The third kappa shape index (κ3) is 0.618. The van der Waals surface area contributed by atoms with Crippen molar-refractivity contribution in [3.05, 3.63) is 0 Å². The lowest BCUT2D eigenvalue weighted by atomic mass is 9.64. The molecule has 2 saturated carbocycles. The molecule has 0 amide bonds. The first-order chi connectivity index (χ1) is 5.65. The van der Waals surface area contributed by atoms with Crippen LogP contribution >= 0.6 is 0 Å². The van der Waals surface area contributed by atoms with Crippen LogP contribution in [0.1, 0.15) is 33.1 Å². The quantitative estimate of drug-likeness (QED) is 0.531. The van der Waals surface area contributed by atoms with E-state index in [2.05, 4.69) is 25.8 Å². The van der Waals surface area contributed by atoms with Crippen molar-refractivity contribution >= 4 is 0 Å². The lowest BCUT2D eigenvalue weighted by molar-refractivity contribution is 0.0714. The van der Waals surface area contributed by atoms with Crippen LogP contribution in [0.2, 0.25) is 0 Å². The summed E-state index contributed by atoms with van der Waals surface area (Å²) in [5, 5.41) is 0. The molecule has 1 aliphatic heterocycles. The minimum atomic E-state index is 0.777. The molecule has 0 radical (unpaired) electrons. The predicted octanol–water partition coefficient (Wildman–Crippen LogP) is 2.13. The van der Waals surface area contributed by atoms with Crippen LogP contribution in [0, 0.1) is 17.3 Å². The summed E-state index contributed by atoms with van der Waals surface area (Å²) in [6.45, 7) is 4.83. The highest BCUT2D eigenvalue weighted by molar-refractivity contribution is 5.19. The number of hydrogen-bond donors (Lipinski definition) is 0. The van der Waals surface area contributed by atoms with Gasteiger partial charge in [-0.1, -0.05) is 0 Å². The van der Waals surface area contributed by atoms with E-state index in [-0.39, 0.29) is 0 Å². The van der Waals surface area contributed by atoms with E-state index in [1.54, 1.807) is 12.8 Å². The molecule has 1 saturated heterocycles. The van der Waals surface area contributed by atoms with Crippen LogP contribution in [0.5, 0.6) is 0 Å². The molecule has 5 atom stereocenters. The molecule has 0 aromatic carbocycles. The number of hydrogen-bond acceptors (Lipinski definition) is 1. The highest BCUT2D eigenvalue weighted by Crippen LogP contribution is 2.72. The number of nitrogens with zero attached hydrogens (tertiary/aromatic N) is 1. The Kier molecular flexibility index (Phi) is 1.16. The summed E-state index contributed by atoms with van der Waals surface area (Å²) in [5.41, 5.74) is 0.777. The van der Waals surface area contributed by atoms with Gasteiger partial charge in [0, 0.05) is 12.1 Å². The zero-order valence-corrected chi connectivity index (χ0v) is 8.38. The number of rotatable bonds is 0. The normalized spacial score (nSPS) is 63.2. The summed E-state index contributed by atoms with van der Waals surface area (Å²) < 4.78 is 0. The zero-order chi connectivity index (χ0) is 8.51. The van der Waals surface area contributed by atoms with E-state index in [1.807, 2.05) is 0 Å². The Labute approximate surface area is 75.1 Å². The first-order valence-electron chi connectivity index (χ1n) is 5.37. The molecule has 2 aliphatic carbocycles. The standard InChI is InChI=1S/C11H19N/c1-7-5-11(8(2)12(7)3)6-9-4-10(9)11/h7-10H,4-6H2,1-3H3. The predicted molar refractivity (Wildman–Crippen MR) is 50.0 cm³/mol. The van der Waals surface area contributed by atoms with Gasteiger partial charge < -0.3 is 4.90 Å². The van der Waals surface area contributed by atoms with Crippen molar-refractivity contribution in [1.82, 2.24) is 4.90 Å². The van der Waals surface area contributed by atoms with Crippen molar-refractivity contribution in [2.24, 2.45) is 17.3 Å². The summed E-state index contributed by atoms with van der Waals surface area (Å²) in [7, 11) is 2.31. The maximum absolute atomic E-state index is 2.59. The van der Waals surface area contributed by atoms with Gasteiger partial charge >= 0.3 is 0 Å². The van der Waals surface area contributed by atoms with E-state index in [0.717, 1.165) is 29.3 Å². The Morgan fingerprint density at radius 3 is 2.33 bits per heavy atom. The molecular weight excluding hydrogens is 146 g/mol. The Hall–Kier alpha value is -0.0400. The largest absolute Gasteiger partial charge is 0.300 e. The molecule has 1 heteroatoms. The van der Waals surface area contributed by atoms with Crippen molar-refractivity contribution in [1.29, 1.82) is 0 Å². The van der Waals surface area contributed by atoms with E-state index in [4.69, 9.17) is 0 Å². The Bertz CT molecular complexity index is 225. The molecule has 3 aliphatic rings.